The quantitative estimate of drug-likeness (QED) is 0.878. The third-order valence-corrected chi connectivity index (χ3v) is 3.43. The van der Waals surface area contributed by atoms with Crippen LogP contribution in [0.3, 0.4) is 0 Å². The van der Waals surface area contributed by atoms with E-state index in [9.17, 15) is 4.79 Å². The van der Waals surface area contributed by atoms with Crippen molar-refractivity contribution in [3.05, 3.63) is 64.7 Å². The summed E-state index contributed by atoms with van der Waals surface area (Å²) in [4.78, 5) is 14.1. The topological polar surface area (TPSA) is 70.1 Å². The van der Waals surface area contributed by atoms with Crippen molar-refractivity contribution in [2.45, 2.75) is 13.5 Å². The van der Waals surface area contributed by atoms with Crippen LogP contribution in [0.5, 0.6) is 0 Å². The first kappa shape index (κ1) is 14.6. The standard InChI is InChI=1S/C17H17N3O/c1-12-15(7-4-8-16(12)19)17(21)20(2)11-14-6-3-5-13(9-14)10-18/h3-9H,11,19H2,1-2H3. The third kappa shape index (κ3) is 3.21. The monoisotopic (exact) mass is 279 g/mol. The smallest absolute Gasteiger partial charge is 0.254 e. The van der Waals surface area contributed by atoms with E-state index in [0.29, 0.717) is 23.4 Å². The highest BCUT2D eigenvalue weighted by atomic mass is 16.2. The largest absolute Gasteiger partial charge is 0.398 e. The molecule has 0 atom stereocenters. The van der Waals surface area contributed by atoms with Crippen molar-refractivity contribution in [3.63, 3.8) is 0 Å². The van der Waals surface area contributed by atoms with E-state index >= 15 is 0 Å². The van der Waals surface area contributed by atoms with Crippen LogP contribution in [0.1, 0.15) is 27.0 Å². The lowest BCUT2D eigenvalue weighted by Gasteiger charge is -2.19. The number of hydrogen-bond acceptors (Lipinski definition) is 3. The minimum atomic E-state index is -0.0813. The zero-order valence-electron chi connectivity index (χ0n) is 12.1. The second-order valence-corrected chi connectivity index (χ2v) is 4.99. The first-order valence-corrected chi connectivity index (χ1v) is 6.62. The van der Waals surface area contributed by atoms with Crippen molar-refractivity contribution in [1.29, 1.82) is 5.26 Å². The van der Waals surface area contributed by atoms with Gasteiger partial charge in [-0.1, -0.05) is 18.2 Å². The number of nitrogen functional groups attached to an aromatic ring is 1. The van der Waals surface area contributed by atoms with E-state index < -0.39 is 0 Å². The molecule has 0 aliphatic carbocycles. The lowest BCUT2D eigenvalue weighted by Crippen LogP contribution is -2.27. The molecular weight excluding hydrogens is 262 g/mol. The predicted molar refractivity (Wildman–Crippen MR) is 82.5 cm³/mol. The Balaban J connectivity index is 2.20. The second kappa shape index (κ2) is 6.10. The molecule has 0 fully saturated rings. The summed E-state index contributed by atoms with van der Waals surface area (Å²) in [6.07, 6.45) is 0. The van der Waals surface area contributed by atoms with E-state index in [1.54, 1.807) is 42.3 Å². The maximum Gasteiger partial charge on any atom is 0.254 e. The molecule has 0 saturated heterocycles. The molecule has 0 aromatic heterocycles. The fourth-order valence-electron chi connectivity index (χ4n) is 2.18. The van der Waals surface area contributed by atoms with E-state index in [1.165, 1.54) is 0 Å². The Morgan fingerprint density at radius 1 is 1.29 bits per heavy atom. The Labute approximate surface area is 124 Å². The number of anilines is 1. The number of nitrogens with two attached hydrogens (primary N) is 1. The van der Waals surface area contributed by atoms with Gasteiger partial charge in [-0.05, 0) is 42.3 Å². The molecule has 0 aliphatic heterocycles. The maximum atomic E-state index is 12.5. The van der Waals surface area contributed by atoms with Crippen molar-refractivity contribution >= 4 is 11.6 Å². The van der Waals surface area contributed by atoms with Gasteiger partial charge >= 0.3 is 0 Å². The van der Waals surface area contributed by atoms with Crippen LogP contribution in [0, 0.1) is 18.3 Å². The van der Waals surface area contributed by atoms with E-state index in [-0.39, 0.29) is 5.91 Å². The van der Waals surface area contributed by atoms with Crippen LogP contribution >= 0.6 is 0 Å². The first-order chi connectivity index (χ1) is 10.0. The molecule has 1 amide bonds. The number of nitriles is 1. The molecule has 4 nitrogen and oxygen atoms in total. The van der Waals surface area contributed by atoms with Crippen molar-refractivity contribution < 1.29 is 4.79 Å². The Hall–Kier alpha value is -2.80. The number of hydrogen-bond donors (Lipinski definition) is 1. The van der Waals surface area contributed by atoms with E-state index in [0.717, 1.165) is 11.1 Å². The molecule has 2 aromatic carbocycles. The van der Waals surface area contributed by atoms with Crippen molar-refractivity contribution in [2.75, 3.05) is 12.8 Å². The van der Waals surface area contributed by atoms with Gasteiger partial charge in [0.2, 0.25) is 0 Å². The molecule has 0 aliphatic rings. The molecule has 2 N–H and O–H groups in total. The molecular formula is C17H17N3O. The predicted octanol–water partition coefficient (Wildman–Crippen LogP) is 2.72. The summed E-state index contributed by atoms with van der Waals surface area (Å²) in [6.45, 7) is 2.29. The number of nitrogens with zero attached hydrogens (tertiary/aromatic N) is 2. The zero-order valence-corrected chi connectivity index (χ0v) is 12.1. The average molecular weight is 279 g/mol. The van der Waals surface area contributed by atoms with E-state index in [4.69, 9.17) is 11.0 Å². The van der Waals surface area contributed by atoms with Crippen LogP contribution in [0.25, 0.3) is 0 Å². The number of carbonyl (C=O) groups excluding carboxylic acids is 1. The van der Waals surface area contributed by atoms with Crippen molar-refractivity contribution in [2.24, 2.45) is 0 Å². The summed E-state index contributed by atoms with van der Waals surface area (Å²) in [6, 6.07) is 14.7. The van der Waals surface area contributed by atoms with Gasteiger partial charge in [0.05, 0.1) is 11.6 Å². The third-order valence-electron chi connectivity index (χ3n) is 3.43. The minimum Gasteiger partial charge on any atom is -0.398 e. The molecule has 0 spiro atoms. The van der Waals surface area contributed by atoms with Gasteiger partial charge in [0.25, 0.3) is 5.91 Å². The lowest BCUT2D eigenvalue weighted by atomic mass is 10.1. The molecule has 0 radical (unpaired) electrons. The van der Waals surface area contributed by atoms with Gasteiger partial charge in [-0.15, -0.1) is 0 Å². The number of rotatable bonds is 3. The fourth-order valence-corrected chi connectivity index (χ4v) is 2.18. The van der Waals surface area contributed by atoms with Crippen LogP contribution in [-0.4, -0.2) is 17.9 Å². The Bertz CT molecular complexity index is 716. The highest BCUT2D eigenvalue weighted by Crippen LogP contribution is 2.18. The summed E-state index contributed by atoms with van der Waals surface area (Å²) < 4.78 is 0. The summed E-state index contributed by atoms with van der Waals surface area (Å²) in [5, 5.41) is 8.91. The number of benzene rings is 2. The van der Waals surface area contributed by atoms with Crippen molar-refractivity contribution in [3.8, 4) is 6.07 Å². The highest BCUT2D eigenvalue weighted by molar-refractivity contribution is 5.96. The van der Waals surface area contributed by atoms with Gasteiger partial charge in [0, 0.05) is 24.8 Å². The maximum absolute atomic E-state index is 12.5. The summed E-state index contributed by atoms with van der Waals surface area (Å²) in [7, 11) is 1.74. The van der Waals surface area contributed by atoms with E-state index in [1.807, 2.05) is 19.1 Å². The van der Waals surface area contributed by atoms with Crippen LogP contribution in [-0.2, 0) is 6.54 Å². The van der Waals surface area contributed by atoms with Gasteiger partial charge in [0.15, 0.2) is 0 Å². The number of carbonyl (C=O) groups is 1. The molecule has 2 aromatic rings. The van der Waals surface area contributed by atoms with Gasteiger partial charge in [0.1, 0.15) is 0 Å². The molecule has 21 heavy (non-hydrogen) atoms. The lowest BCUT2D eigenvalue weighted by molar-refractivity contribution is 0.0784. The molecule has 0 unspecified atom stereocenters. The Kier molecular flexibility index (Phi) is 4.24. The minimum absolute atomic E-state index is 0.0813. The summed E-state index contributed by atoms with van der Waals surface area (Å²) in [5.41, 5.74) is 9.37. The van der Waals surface area contributed by atoms with Gasteiger partial charge in [-0.2, -0.15) is 5.26 Å². The average Bonchev–Trinajstić information content (AvgIpc) is 2.49. The van der Waals surface area contributed by atoms with E-state index in [2.05, 4.69) is 6.07 Å². The van der Waals surface area contributed by atoms with Gasteiger partial charge in [-0.25, -0.2) is 0 Å². The van der Waals surface area contributed by atoms with Gasteiger partial charge < -0.3 is 10.6 Å². The van der Waals surface area contributed by atoms with Crippen LogP contribution in [0.4, 0.5) is 5.69 Å². The molecule has 4 heteroatoms. The number of amides is 1. The fraction of sp³-hybridized carbons (Fsp3) is 0.176. The zero-order chi connectivity index (χ0) is 15.4. The molecule has 106 valence electrons. The summed E-state index contributed by atoms with van der Waals surface area (Å²) in [5.74, 6) is -0.0813. The highest BCUT2D eigenvalue weighted by Gasteiger charge is 2.15. The normalized spacial score (nSPS) is 9.95. The van der Waals surface area contributed by atoms with Crippen molar-refractivity contribution in [1.82, 2.24) is 4.90 Å². The van der Waals surface area contributed by atoms with Gasteiger partial charge in [-0.3, -0.25) is 4.79 Å². The molecule has 0 bridgehead atoms. The van der Waals surface area contributed by atoms with Crippen LogP contribution in [0.2, 0.25) is 0 Å². The second-order valence-electron chi connectivity index (χ2n) is 4.99. The van der Waals surface area contributed by atoms with Crippen LogP contribution < -0.4 is 5.73 Å². The summed E-state index contributed by atoms with van der Waals surface area (Å²) >= 11 is 0. The Morgan fingerprint density at radius 2 is 2.00 bits per heavy atom. The Morgan fingerprint density at radius 3 is 2.71 bits per heavy atom. The van der Waals surface area contributed by atoms with Crippen LogP contribution in [0.15, 0.2) is 42.5 Å². The first-order valence-electron chi connectivity index (χ1n) is 6.62. The SMILES string of the molecule is Cc1c(N)cccc1C(=O)N(C)Cc1cccc(C#N)c1. The molecule has 0 saturated carbocycles. The molecule has 0 heterocycles. The molecule has 2 rings (SSSR count).